The van der Waals surface area contributed by atoms with Gasteiger partial charge >= 0.3 is 0 Å². The number of nitrogens with zero attached hydrogens (tertiary/aromatic N) is 2. The molecule has 0 aromatic carbocycles. The summed E-state index contributed by atoms with van der Waals surface area (Å²) in [5.41, 5.74) is 2.26. The summed E-state index contributed by atoms with van der Waals surface area (Å²) >= 11 is 0. The highest BCUT2D eigenvalue weighted by Gasteiger charge is 2.18. The van der Waals surface area contributed by atoms with Crippen LogP contribution < -0.4 is 5.32 Å². The molecule has 0 amide bonds. The zero-order valence-corrected chi connectivity index (χ0v) is 10.9. The fraction of sp³-hybridized carbons (Fsp3) is 0.692. The molecule has 4 heteroatoms. The molecule has 1 N–H and O–H groups in total. The van der Waals surface area contributed by atoms with E-state index in [-0.39, 0.29) is 0 Å². The van der Waals surface area contributed by atoms with E-state index < -0.39 is 0 Å². The molecule has 2 atom stereocenters. The molecule has 0 bridgehead atoms. The maximum atomic E-state index is 5.37. The van der Waals surface area contributed by atoms with Crippen molar-refractivity contribution in [3.63, 3.8) is 0 Å². The van der Waals surface area contributed by atoms with Crippen LogP contribution in [0.3, 0.4) is 0 Å². The van der Waals surface area contributed by atoms with Crippen molar-refractivity contribution in [2.75, 3.05) is 20.3 Å². The van der Waals surface area contributed by atoms with Crippen LogP contribution in [0, 0.1) is 12.8 Å². The van der Waals surface area contributed by atoms with Crippen molar-refractivity contribution < 1.29 is 4.74 Å². The molecule has 0 saturated carbocycles. The normalized spacial score (nSPS) is 21.7. The van der Waals surface area contributed by atoms with E-state index in [1.807, 2.05) is 13.2 Å². The number of hydrogen-bond acceptors (Lipinski definition) is 4. The average molecular weight is 235 g/mol. The van der Waals surface area contributed by atoms with Gasteiger partial charge in [-0.2, -0.15) is 0 Å². The fourth-order valence-corrected chi connectivity index (χ4v) is 2.21. The summed E-state index contributed by atoms with van der Waals surface area (Å²) in [7, 11) is 1.95. The maximum Gasteiger partial charge on any atom is 0.128 e. The number of aryl methyl sites for hydroxylation is 1. The van der Waals surface area contributed by atoms with E-state index in [1.165, 1.54) is 5.56 Å². The van der Waals surface area contributed by atoms with E-state index in [0.717, 1.165) is 37.6 Å². The van der Waals surface area contributed by atoms with Gasteiger partial charge in [0.05, 0.1) is 0 Å². The van der Waals surface area contributed by atoms with Crippen LogP contribution in [0.2, 0.25) is 0 Å². The van der Waals surface area contributed by atoms with E-state index >= 15 is 0 Å². The Morgan fingerprint density at radius 1 is 1.59 bits per heavy atom. The third kappa shape index (κ3) is 3.01. The highest BCUT2D eigenvalue weighted by atomic mass is 16.5. The first-order chi connectivity index (χ1) is 8.20. The molecular weight excluding hydrogens is 214 g/mol. The van der Waals surface area contributed by atoms with Gasteiger partial charge in [-0.1, -0.05) is 0 Å². The van der Waals surface area contributed by atoms with Gasteiger partial charge in [-0.25, -0.2) is 9.97 Å². The fourth-order valence-electron chi connectivity index (χ4n) is 2.21. The molecule has 0 aliphatic carbocycles. The molecular formula is C13H21N3O. The highest BCUT2D eigenvalue weighted by Crippen LogP contribution is 2.18. The van der Waals surface area contributed by atoms with Gasteiger partial charge in [-0.15, -0.1) is 0 Å². The average Bonchev–Trinajstić information content (AvgIpc) is 2.81. The van der Waals surface area contributed by atoms with Crippen molar-refractivity contribution in [1.82, 2.24) is 15.3 Å². The summed E-state index contributed by atoms with van der Waals surface area (Å²) < 4.78 is 5.37. The Morgan fingerprint density at radius 2 is 2.41 bits per heavy atom. The monoisotopic (exact) mass is 235 g/mol. The summed E-state index contributed by atoms with van der Waals surface area (Å²) in [6.45, 7) is 5.92. The van der Waals surface area contributed by atoms with Gasteiger partial charge in [-0.3, -0.25) is 0 Å². The maximum absolute atomic E-state index is 5.37. The Hall–Kier alpha value is -1.00. The van der Waals surface area contributed by atoms with Crippen molar-refractivity contribution in [3.8, 4) is 0 Å². The number of aromatic nitrogens is 2. The lowest BCUT2D eigenvalue weighted by Crippen LogP contribution is -2.16. The predicted molar refractivity (Wildman–Crippen MR) is 66.9 cm³/mol. The van der Waals surface area contributed by atoms with Gasteiger partial charge in [0.2, 0.25) is 0 Å². The van der Waals surface area contributed by atoms with Gasteiger partial charge < -0.3 is 10.1 Å². The molecule has 0 radical (unpaired) electrons. The van der Waals surface area contributed by atoms with E-state index in [4.69, 9.17) is 4.74 Å². The van der Waals surface area contributed by atoms with E-state index in [0.29, 0.717) is 12.0 Å². The number of ether oxygens (including phenoxy) is 1. The van der Waals surface area contributed by atoms with Crippen molar-refractivity contribution in [3.05, 3.63) is 23.3 Å². The number of hydrogen-bond donors (Lipinski definition) is 1. The molecule has 0 spiro atoms. The molecule has 2 heterocycles. The molecule has 1 fully saturated rings. The van der Waals surface area contributed by atoms with Gasteiger partial charge in [-0.05, 0) is 33.2 Å². The van der Waals surface area contributed by atoms with Gasteiger partial charge in [0.25, 0.3) is 0 Å². The third-order valence-electron chi connectivity index (χ3n) is 3.46. The summed E-state index contributed by atoms with van der Waals surface area (Å²) in [5, 5.41) is 3.21. The van der Waals surface area contributed by atoms with Crippen LogP contribution in [0.4, 0.5) is 0 Å². The van der Waals surface area contributed by atoms with E-state index in [9.17, 15) is 0 Å². The van der Waals surface area contributed by atoms with E-state index in [1.54, 1.807) is 0 Å². The Bertz CT molecular complexity index is 375. The molecule has 1 aromatic rings. The Kier molecular flexibility index (Phi) is 4.07. The van der Waals surface area contributed by atoms with Gasteiger partial charge in [0.1, 0.15) is 5.82 Å². The molecule has 1 aliphatic rings. The second kappa shape index (κ2) is 5.56. The summed E-state index contributed by atoms with van der Waals surface area (Å²) in [6, 6.07) is 0.305. The summed E-state index contributed by atoms with van der Waals surface area (Å²) in [5.74, 6) is 1.55. The minimum absolute atomic E-state index is 0.305. The smallest absolute Gasteiger partial charge is 0.128 e. The topological polar surface area (TPSA) is 47.0 Å². The van der Waals surface area contributed by atoms with Crippen LogP contribution in [0.5, 0.6) is 0 Å². The zero-order valence-electron chi connectivity index (χ0n) is 10.9. The molecule has 2 unspecified atom stereocenters. The quantitative estimate of drug-likeness (QED) is 0.862. The second-order valence-corrected chi connectivity index (χ2v) is 4.77. The van der Waals surface area contributed by atoms with Crippen LogP contribution in [-0.4, -0.2) is 30.2 Å². The van der Waals surface area contributed by atoms with Crippen molar-refractivity contribution in [2.24, 2.45) is 5.92 Å². The third-order valence-corrected chi connectivity index (χ3v) is 3.46. The first kappa shape index (κ1) is 12.5. The molecule has 2 rings (SSSR count). The first-order valence-corrected chi connectivity index (χ1v) is 6.28. The summed E-state index contributed by atoms with van der Waals surface area (Å²) in [4.78, 5) is 9.06. The predicted octanol–water partition coefficient (Wildman–Crippen LogP) is 1.64. The van der Waals surface area contributed by atoms with Crippen molar-refractivity contribution >= 4 is 0 Å². The van der Waals surface area contributed by atoms with Crippen molar-refractivity contribution in [2.45, 2.75) is 32.7 Å². The number of rotatable bonds is 4. The highest BCUT2D eigenvalue weighted by molar-refractivity contribution is 5.19. The molecule has 4 nitrogen and oxygen atoms in total. The SMILES string of the molecule is CNC(C)c1cnc(CC2CCOC2)nc1C. The summed E-state index contributed by atoms with van der Waals surface area (Å²) in [6.07, 6.45) is 4.03. The van der Waals surface area contributed by atoms with Crippen LogP contribution in [0.15, 0.2) is 6.20 Å². The zero-order chi connectivity index (χ0) is 12.3. The molecule has 17 heavy (non-hydrogen) atoms. The lowest BCUT2D eigenvalue weighted by Gasteiger charge is -2.14. The molecule has 1 aromatic heterocycles. The Morgan fingerprint density at radius 3 is 3.00 bits per heavy atom. The Balaban J connectivity index is 2.07. The molecule has 1 aliphatic heterocycles. The Labute approximate surface area is 103 Å². The molecule has 94 valence electrons. The largest absolute Gasteiger partial charge is 0.381 e. The van der Waals surface area contributed by atoms with Crippen LogP contribution >= 0.6 is 0 Å². The first-order valence-electron chi connectivity index (χ1n) is 6.28. The second-order valence-electron chi connectivity index (χ2n) is 4.77. The number of nitrogens with one attached hydrogen (secondary N) is 1. The van der Waals surface area contributed by atoms with Crippen molar-refractivity contribution in [1.29, 1.82) is 0 Å². The lowest BCUT2D eigenvalue weighted by atomic mass is 10.0. The van der Waals surface area contributed by atoms with Crippen LogP contribution in [0.25, 0.3) is 0 Å². The van der Waals surface area contributed by atoms with Gasteiger partial charge in [0, 0.05) is 43.1 Å². The standard InChI is InChI=1S/C13H21N3O/c1-9(14-3)12-7-15-13(16-10(12)2)6-11-4-5-17-8-11/h7,9,11,14H,4-6,8H2,1-3H3. The molecule has 1 saturated heterocycles. The lowest BCUT2D eigenvalue weighted by molar-refractivity contribution is 0.185. The van der Waals surface area contributed by atoms with E-state index in [2.05, 4.69) is 29.1 Å². The van der Waals surface area contributed by atoms with Crippen LogP contribution in [-0.2, 0) is 11.2 Å². The minimum atomic E-state index is 0.305. The van der Waals surface area contributed by atoms with Gasteiger partial charge in [0.15, 0.2) is 0 Å². The van der Waals surface area contributed by atoms with Crippen LogP contribution in [0.1, 0.15) is 36.5 Å². The minimum Gasteiger partial charge on any atom is -0.381 e.